The SMILES string of the molecule is Cc1cc([C@H]2C3=CC[C@@H]4C(=O)N(c5ccc(C(=O)c6ccccc6)cc5)C(=O)[C@@H]4[C@@H]3C[C@H]3C(=O)N(c4cccc(Cl)c4)C(=O)[C@@]23c2ccccc2)ccc1O. The number of imide groups is 2. The third-order valence-corrected chi connectivity index (χ3v) is 12.4. The Bertz CT molecular complexity index is 2460. The van der Waals surface area contributed by atoms with Crippen LogP contribution in [0, 0.1) is 30.6 Å². The van der Waals surface area contributed by atoms with E-state index in [1.165, 1.54) is 9.80 Å². The molecule has 272 valence electrons. The molecule has 0 aromatic heterocycles. The van der Waals surface area contributed by atoms with Gasteiger partial charge in [-0.1, -0.05) is 102 Å². The second kappa shape index (κ2) is 13.0. The Hall–Kier alpha value is -6.12. The highest BCUT2D eigenvalue weighted by molar-refractivity contribution is 6.32. The van der Waals surface area contributed by atoms with Gasteiger partial charge in [0, 0.05) is 22.1 Å². The van der Waals surface area contributed by atoms with Gasteiger partial charge in [-0.3, -0.25) is 28.9 Å². The van der Waals surface area contributed by atoms with Crippen molar-refractivity contribution in [3.05, 3.63) is 172 Å². The zero-order valence-electron chi connectivity index (χ0n) is 29.8. The molecule has 1 saturated carbocycles. The van der Waals surface area contributed by atoms with E-state index in [4.69, 9.17) is 11.6 Å². The topological polar surface area (TPSA) is 112 Å². The van der Waals surface area contributed by atoms with Gasteiger partial charge in [-0.25, -0.2) is 4.90 Å². The quantitative estimate of drug-likeness (QED) is 0.107. The van der Waals surface area contributed by atoms with Crippen molar-refractivity contribution in [2.24, 2.45) is 23.7 Å². The maximum Gasteiger partial charge on any atom is 0.246 e. The Kier molecular flexibility index (Phi) is 8.20. The van der Waals surface area contributed by atoms with Crippen molar-refractivity contribution < 1.29 is 29.1 Å². The minimum absolute atomic E-state index is 0.0946. The van der Waals surface area contributed by atoms with Crippen LogP contribution in [-0.2, 0) is 24.6 Å². The molecule has 5 aromatic rings. The monoisotopic (exact) mass is 746 g/mol. The van der Waals surface area contributed by atoms with Crippen LogP contribution in [0.25, 0.3) is 0 Å². The van der Waals surface area contributed by atoms with Gasteiger partial charge in [-0.15, -0.1) is 0 Å². The van der Waals surface area contributed by atoms with Crippen LogP contribution >= 0.6 is 11.6 Å². The number of carbonyl (C=O) groups excluding carboxylic acids is 5. The zero-order valence-corrected chi connectivity index (χ0v) is 30.5. The van der Waals surface area contributed by atoms with E-state index in [9.17, 15) is 24.3 Å². The summed E-state index contributed by atoms with van der Waals surface area (Å²) in [5.74, 6) is -5.18. The largest absolute Gasteiger partial charge is 0.508 e. The summed E-state index contributed by atoms with van der Waals surface area (Å²) in [5.41, 5.74) is 3.10. The average Bonchev–Trinajstić information content (AvgIpc) is 3.60. The first-order valence-electron chi connectivity index (χ1n) is 18.4. The number of aromatic hydroxyl groups is 1. The Labute approximate surface area is 322 Å². The summed E-state index contributed by atoms with van der Waals surface area (Å²) in [7, 11) is 0. The van der Waals surface area contributed by atoms with Gasteiger partial charge in [-0.2, -0.15) is 0 Å². The van der Waals surface area contributed by atoms with Crippen molar-refractivity contribution in [1.29, 1.82) is 0 Å². The molecule has 9 heteroatoms. The number of allylic oxidation sites excluding steroid dienone is 2. The molecule has 2 saturated heterocycles. The Morgan fingerprint density at radius 1 is 0.709 bits per heavy atom. The molecule has 55 heavy (non-hydrogen) atoms. The lowest BCUT2D eigenvalue weighted by Gasteiger charge is -2.50. The summed E-state index contributed by atoms with van der Waals surface area (Å²) in [4.78, 5) is 74.8. The summed E-state index contributed by atoms with van der Waals surface area (Å²) < 4.78 is 0. The third kappa shape index (κ3) is 5.15. The third-order valence-electron chi connectivity index (χ3n) is 12.1. The molecule has 3 fully saturated rings. The molecule has 2 heterocycles. The summed E-state index contributed by atoms with van der Waals surface area (Å²) in [6.07, 6.45) is 2.44. The van der Waals surface area contributed by atoms with E-state index in [1.807, 2.05) is 48.5 Å². The first kappa shape index (κ1) is 34.6. The summed E-state index contributed by atoms with van der Waals surface area (Å²) in [6, 6.07) is 36.6. The highest BCUT2D eigenvalue weighted by atomic mass is 35.5. The molecule has 0 spiro atoms. The van der Waals surface area contributed by atoms with Crippen LogP contribution in [-0.4, -0.2) is 34.5 Å². The molecule has 0 unspecified atom stereocenters. The Balaban J connectivity index is 1.17. The summed E-state index contributed by atoms with van der Waals surface area (Å²) in [6.45, 7) is 1.78. The van der Waals surface area contributed by atoms with Gasteiger partial charge in [0.05, 0.1) is 34.5 Å². The minimum Gasteiger partial charge on any atom is -0.508 e. The number of ketones is 1. The fourth-order valence-electron chi connectivity index (χ4n) is 9.75. The van der Waals surface area contributed by atoms with Gasteiger partial charge in [0.2, 0.25) is 23.6 Å². The van der Waals surface area contributed by atoms with Crippen LogP contribution in [0.4, 0.5) is 11.4 Å². The lowest BCUT2D eigenvalue weighted by atomic mass is 9.49. The number of benzene rings is 5. The first-order chi connectivity index (χ1) is 26.6. The lowest BCUT2D eigenvalue weighted by Crippen LogP contribution is -2.53. The second-order valence-electron chi connectivity index (χ2n) is 14.9. The van der Waals surface area contributed by atoms with Gasteiger partial charge in [0.25, 0.3) is 0 Å². The van der Waals surface area contributed by atoms with Crippen LogP contribution in [0.2, 0.25) is 5.02 Å². The van der Waals surface area contributed by atoms with Crippen molar-refractivity contribution in [2.75, 3.05) is 9.80 Å². The number of hydrogen-bond donors (Lipinski definition) is 1. The molecule has 0 radical (unpaired) electrons. The Morgan fingerprint density at radius 3 is 2.09 bits per heavy atom. The number of nitrogens with zero attached hydrogens (tertiary/aromatic N) is 2. The van der Waals surface area contributed by atoms with Crippen LogP contribution in [0.3, 0.4) is 0 Å². The maximum absolute atomic E-state index is 15.4. The molecule has 9 rings (SSSR count). The van der Waals surface area contributed by atoms with Crippen molar-refractivity contribution in [1.82, 2.24) is 0 Å². The van der Waals surface area contributed by atoms with Crippen LogP contribution in [0.1, 0.15) is 51.4 Å². The van der Waals surface area contributed by atoms with Gasteiger partial charge in [0.15, 0.2) is 5.78 Å². The first-order valence-corrected chi connectivity index (χ1v) is 18.8. The van der Waals surface area contributed by atoms with E-state index in [2.05, 4.69) is 0 Å². The van der Waals surface area contributed by atoms with Crippen LogP contribution in [0.5, 0.6) is 5.75 Å². The average molecular weight is 747 g/mol. The number of carbonyl (C=O) groups is 5. The fourth-order valence-corrected chi connectivity index (χ4v) is 9.93. The molecular formula is C46H35ClN2O6. The molecule has 2 aliphatic heterocycles. The van der Waals surface area contributed by atoms with Crippen molar-refractivity contribution in [3.8, 4) is 5.75 Å². The normalized spacial score (nSPS) is 25.7. The number of amides is 4. The summed E-state index contributed by atoms with van der Waals surface area (Å²) in [5, 5.41) is 11.0. The minimum atomic E-state index is -1.41. The fraction of sp³-hybridized carbons (Fsp3) is 0.196. The summed E-state index contributed by atoms with van der Waals surface area (Å²) >= 11 is 6.41. The second-order valence-corrected chi connectivity index (χ2v) is 15.3. The number of phenols is 1. The standard InChI is InChI=1S/C46H35ClN2O6/c1-26-23-29(17-22-38(26)50)40-34-20-21-35-39(44(54)48(42(35)52)32-18-15-28(16-19-32)41(51)27-9-4-2-5-10-27)36(34)25-37-43(53)49(33-14-8-13-31(47)24-33)45(55)46(37,40)30-11-6-3-7-12-30/h2-20,22-24,35-37,39-40,50H,21,25H2,1H3/t35-,36+,37-,39-,40-,46+/m0/s1. The number of rotatable bonds is 6. The van der Waals surface area contributed by atoms with Crippen LogP contribution < -0.4 is 9.80 Å². The zero-order chi connectivity index (χ0) is 38.2. The van der Waals surface area contributed by atoms with E-state index in [-0.39, 0.29) is 36.2 Å². The highest BCUT2D eigenvalue weighted by Crippen LogP contribution is 2.64. The molecule has 1 N–H and O–H groups in total. The van der Waals surface area contributed by atoms with Gasteiger partial charge in [0.1, 0.15) is 5.75 Å². The number of halogens is 1. The van der Waals surface area contributed by atoms with Gasteiger partial charge in [-0.05, 0) is 90.9 Å². The molecule has 6 atom stereocenters. The molecular weight excluding hydrogens is 712 g/mol. The smallest absolute Gasteiger partial charge is 0.246 e. The predicted molar refractivity (Wildman–Crippen MR) is 208 cm³/mol. The molecule has 2 aliphatic carbocycles. The van der Waals surface area contributed by atoms with Crippen molar-refractivity contribution in [3.63, 3.8) is 0 Å². The number of hydrogen-bond acceptors (Lipinski definition) is 6. The van der Waals surface area contributed by atoms with Crippen molar-refractivity contribution in [2.45, 2.75) is 31.1 Å². The number of phenolic OH excluding ortho intramolecular Hbond substituents is 1. The maximum atomic E-state index is 15.4. The van der Waals surface area contributed by atoms with Gasteiger partial charge < -0.3 is 5.11 Å². The molecule has 4 aliphatic rings. The molecule has 0 bridgehead atoms. The Morgan fingerprint density at radius 2 is 1.40 bits per heavy atom. The highest BCUT2D eigenvalue weighted by Gasteiger charge is 2.70. The van der Waals surface area contributed by atoms with E-state index in [0.717, 1.165) is 11.1 Å². The number of anilines is 2. The number of fused-ring (bicyclic) bond motifs is 4. The van der Waals surface area contributed by atoms with E-state index >= 15 is 4.79 Å². The van der Waals surface area contributed by atoms with E-state index < -0.39 is 46.8 Å². The predicted octanol–water partition coefficient (Wildman–Crippen LogP) is 7.95. The van der Waals surface area contributed by atoms with Crippen molar-refractivity contribution >= 4 is 52.4 Å². The molecule has 4 amide bonds. The van der Waals surface area contributed by atoms with Gasteiger partial charge >= 0.3 is 0 Å². The number of aryl methyl sites for hydroxylation is 1. The van der Waals surface area contributed by atoms with E-state index in [1.54, 1.807) is 91.9 Å². The molecule has 5 aromatic carbocycles. The van der Waals surface area contributed by atoms with E-state index in [0.29, 0.717) is 38.7 Å². The van der Waals surface area contributed by atoms with Crippen LogP contribution in [0.15, 0.2) is 139 Å². The lowest BCUT2D eigenvalue weighted by molar-refractivity contribution is -0.127. The molecule has 8 nitrogen and oxygen atoms in total.